The Labute approximate surface area is 127 Å². The Kier molecular flexibility index (Phi) is 16.2. The van der Waals surface area contributed by atoms with E-state index in [0.29, 0.717) is 5.76 Å². The number of aliphatic hydroxyl groups excluding tert-OH is 1. The first kappa shape index (κ1) is 19.5. The minimum Gasteiger partial charge on any atom is -0.513 e. The van der Waals surface area contributed by atoms with E-state index in [-0.39, 0.29) is 0 Å². The highest BCUT2D eigenvalue weighted by Crippen LogP contribution is 2.14. The van der Waals surface area contributed by atoms with E-state index in [2.05, 4.69) is 13.5 Å². The zero-order valence-electron chi connectivity index (χ0n) is 14.0. The van der Waals surface area contributed by atoms with Gasteiger partial charge in [-0.1, -0.05) is 103 Å². The zero-order valence-corrected chi connectivity index (χ0v) is 14.0. The minimum atomic E-state index is 0.347. The highest BCUT2D eigenvalue weighted by Gasteiger charge is 1.94. The van der Waals surface area contributed by atoms with Gasteiger partial charge in [0.05, 0.1) is 5.76 Å². The second kappa shape index (κ2) is 16.6. The number of allylic oxidation sites excluding steroid dienone is 1. The molecule has 0 rings (SSSR count). The minimum absolute atomic E-state index is 0.347. The molecular formula is C19H38O. The van der Waals surface area contributed by atoms with Gasteiger partial charge in [-0.2, -0.15) is 0 Å². The monoisotopic (exact) mass is 282 g/mol. The van der Waals surface area contributed by atoms with Gasteiger partial charge in [-0.25, -0.2) is 0 Å². The molecule has 1 nitrogen and oxygen atoms in total. The maximum atomic E-state index is 8.96. The van der Waals surface area contributed by atoms with Gasteiger partial charge in [-0.3, -0.25) is 0 Å². The van der Waals surface area contributed by atoms with Crippen molar-refractivity contribution in [2.75, 3.05) is 0 Å². The first-order valence-electron chi connectivity index (χ1n) is 9.14. The van der Waals surface area contributed by atoms with Crippen LogP contribution in [0.25, 0.3) is 0 Å². The number of unbranched alkanes of at least 4 members (excludes halogenated alkanes) is 14. The molecule has 0 fully saturated rings. The summed E-state index contributed by atoms with van der Waals surface area (Å²) >= 11 is 0. The summed E-state index contributed by atoms with van der Waals surface area (Å²) in [6, 6.07) is 0. The van der Waals surface area contributed by atoms with Crippen LogP contribution in [0, 0.1) is 0 Å². The average molecular weight is 283 g/mol. The van der Waals surface area contributed by atoms with E-state index in [1.54, 1.807) is 0 Å². The van der Waals surface area contributed by atoms with E-state index >= 15 is 0 Å². The fourth-order valence-corrected chi connectivity index (χ4v) is 2.70. The van der Waals surface area contributed by atoms with Crippen molar-refractivity contribution in [3.63, 3.8) is 0 Å². The van der Waals surface area contributed by atoms with Crippen LogP contribution >= 0.6 is 0 Å². The summed E-state index contributed by atoms with van der Waals surface area (Å²) in [5.74, 6) is 0.347. The van der Waals surface area contributed by atoms with Crippen LogP contribution < -0.4 is 0 Å². The Morgan fingerprint density at radius 1 is 0.600 bits per heavy atom. The lowest BCUT2D eigenvalue weighted by Crippen LogP contribution is -1.84. The summed E-state index contributed by atoms with van der Waals surface area (Å²) in [5.41, 5.74) is 0. The van der Waals surface area contributed by atoms with E-state index in [1.165, 1.54) is 89.9 Å². The van der Waals surface area contributed by atoms with E-state index in [0.717, 1.165) is 12.8 Å². The van der Waals surface area contributed by atoms with E-state index in [1.807, 2.05) is 0 Å². The number of hydrogen-bond donors (Lipinski definition) is 1. The van der Waals surface area contributed by atoms with Crippen LogP contribution in [0.4, 0.5) is 0 Å². The molecule has 0 aliphatic rings. The summed E-state index contributed by atoms with van der Waals surface area (Å²) in [5, 5.41) is 8.96. The molecule has 120 valence electrons. The Hall–Kier alpha value is -0.460. The van der Waals surface area contributed by atoms with Crippen LogP contribution in [-0.4, -0.2) is 5.11 Å². The topological polar surface area (TPSA) is 20.2 Å². The van der Waals surface area contributed by atoms with E-state index in [4.69, 9.17) is 5.11 Å². The average Bonchev–Trinajstić information content (AvgIpc) is 2.43. The summed E-state index contributed by atoms with van der Waals surface area (Å²) in [7, 11) is 0. The fraction of sp³-hybridized carbons (Fsp3) is 0.895. The predicted octanol–water partition coefficient (Wildman–Crippen LogP) is 7.32. The van der Waals surface area contributed by atoms with Crippen molar-refractivity contribution in [1.29, 1.82) is 0 Å². The van der Waals surface area contributed by atoms with Crippen molar-refractivity contribution >= 4 is 0 Å². The summed E-state index contributed by atoms with van der Waals surface area (Å²) in [4.78, 5) is 0. The Balaban J connectivity index is 2.94. The van der Waals surface area contributed by atoms with Gasteiger partial charge in [0.25, 0.3) is 0 Å². The first-order valence-corrected chi connectivity index (χ1v) is 9.14. The molecule has 0 saturated carbocycles. The molecular weight excluding hydrogens is 244 g/mol. The highest BCUT2D eigenvalue weighted by atomic mass is 16.3. The zero-order chi connectivity index (χ0) is 14.9. The molecule has 1 heteroatoms. The smallest absolute Gasteiger partial charge is 0.0851 e. The summed E-state index contributed by atoms with van der Waals surface area (Å²) in [6.07, 6.45) is 21.6. The maximum absolute atomic E-state index is 8.96. The third-order valence-corrected chi connectivity index (χ3v) is 4.07. The predicted molar refractivity (Wildman–Crippen MR) is 91.3 cm³/mol. The molecule has 0 saturated heterocycles. The highest BCUT2D eigenvalue weighted by molar-refractivity contribution is 4.77. The number of rotatable bonds is 16. The van der Waals surface area contributed by atoms with Gasteiger partial charge in [0.2, 0.25) is 0 Å². The molecule has 1 N–H and O–H groups in total. The molecule has 0 aliphatic carbocycles. The van der Waals surface area contributed by atoms with Crippen molar-refractivity contribution in [2.45, 2.75) is 110 Å². The van der Waals surface area contributed by atoms with Crippen LogP contribution in [0.15, 0.2) is 12.3 Å². The molecule has 0 radical (unpaired) electrons. The van der Waals surface area contributed by atoms with Crippen LogP contribution in [0.3, 0.4) is 0 Å². The molecule has 0 aromatic carbocycles. The van der Waals surface area contributed by atoms with Crippen molar-refractivity contribution in [3.05, 3.63) is 12.3 Å². The van der Waals surface area contributed by atoms with Crippen molar-refractivity contribution in [2.24, 2.45) is 0 Å². The molecule has 0 aromatic heterocycles. The Bertz CT molecular complexity index is 198. The Morgan fingerprint density at radius 3 is 1.20 bits per heavy atom. The van der Waals surface area contributed by atoms with Gasteiger partial charge < -0.3 is 5.11 Å². The first-order chi connectivity index (χ1) is 9.77. The molecule has 0 aliphatic heterocycles. The van der Waals surface area contributed by atoms with Gasteiger partial charge in [0.1, 0.15) is 0 Å². The largest absolute Gasteiger partial charge is 0.513 e. The molecule has 20 heavy (non-hydrogen) atoms. The number of hydrogen-bond acceptors (Lipinski definition) is 1. The lowest BCUT2D eigenvalue weighted by molar-refractivity contribution is 0.383. The normalized spacial score (nSPS) is 10.8. The third-order valence-electron chi connectivity index (χ3n) is 4.07. The molecule has 0 unspecified atom stereocenters. The second-order valence-corrected chi connectivity index (χ2v) is 6.27. The van der Waals surface area contributed by atoms with Gasteiger partial charge >= 0.3 is 0 Å². The van der Waals surface area contributed by atoms with Crippen LogP contribution in [0.2, 0.25) is 0 Å². The van der Waals surface area contributed by atoms with Crippen molar-refractivity contribution in [3.8, 4) is 0 Å². The summed E-state index contributed by atoms with van der Waals surface area (Å²) in [6.45, 7) is 5.80. The molecule has 0 heterocycles. The van der Waals surface area contributed by atoms with Gasteiger partial charge in [0.15, 0.2) is 0 Å². The quantitative estimate of drug-likeness (QED) is 0.232. The molecule has 0 aromatic rings. The summed E-state index contributed by atoms with van der Waals surface area (Å²) < 4.78 is 0. The lowest BCUT2D eigenvalue weighted by Gasteiger charge is -2.03. The second-order valence-electron chi connectivity index (χ2n) is 6.27. The lowest BCUT2D eigenvalue weighted by atomic mass is 10.0. The van der Waals surface area contributed by atoms with Gasteiger partial charge in [-0.05, 0) is 6.42 Å². The van der Waals surface area contributed by atoms with Crippen LogP contribution in [0.5, 0.6) is 0 Å². The number of aliphatic hydroxyl groups is 1. The van der Waals surface area contributed by atoms with Crippen LogP contribution in [-0.2, 0) is 0 Å². The molecule has 0 bridgehead atoms. The molecule has 0 amide bonds. The third kappa shape index (κ3) is 17.5. The SMILES string of the molecule is C=C(O)CCCCCCCCCCCCCCCCC. The van der Waals surface area contributed by atoms with Crippen molar-refractivity contribution < 1.29 is 5.11 Å². The Morgan fingerprint density at radius 2 is 0.900 bits per heavy atom. The molecule has 0 atom stereocenters. The van der Waals surface area contributed by atoms with E-state index in [9.17, 15) is 0 Å². The van der Waals surface area contributed by atoms with Gasteiger partial charge in [0, 0.05) is 6.42 Å². The molecule has 0 spiro atoms. The van der Waals surface area contributed by atoms with Crippen molar-refractivity contribution in [1.82, 2.24) is 0 Å². The standard InChI is InChI=1S/C19H38O/c1-3-4-5-6-7-8-9-10-11-12-13-14-15-16-17-18-19(2)20/h20H,2-18H2,1H3. The van der Waals surface area contributed by atoms with Crippen LogP contribution in [0.1, 0.15) is 110 Å². The van der Waals surface area contributed by atoms with E-state index < -0.39 is 0 Å². The maximum Gasteiger partial charge on any atom is 0.0851 e. The van der Waals surface area contributed by atoms with Gasteiger partial charge in [-0.15, -0.1) is 0 Å². The fourth-order valence-electron chi connectivity index (χ4n) is 2.70.